The van der Waals surface area contributed by atoms with Gasteiger partial charge in [0.05, 0.1) is 17.3 Å². The fourth-order valence-electron chi connectivity index (χ4n) is 3.07. The van der Waals surface area contributed by atoms with Crippen LogP contribution in [0.4, 0.5) is 0 Å². The Morgan fingerprint density at radius 2 is 2.07 bits per heavy atom. The third-order valence-corrected chi connectivity index (χ3v) is 5.17. The van der Waals surface area contributed by atoms with E-state index >= 15 is 0 Å². The Hall–Kier alpha value is -2.87. The highest BCUT2D eigenvalue weighted by atomic mass is 32.2. The molecule has 0 N–H and O–H groups in total. The van der Waals surface area contributed by atoms with Gasteiger partial charge in [-0.3, -0.25) is 14.5 Å². The number of benzene rings is 1. The van der Waals surface area contributed by atoms with Crippen molar-refractivity contribution >= 4 is 34.8 Å². The topological polar surface area (TPSA) is 85.3 Å². The van der Waals surface area contributed by atoms with Crippen molar-refractivity contribution in [2.45, 2.75) is 26.3 Å². The molecule has 0 aromatic heterocycles. The minimum atomic E-state index is -0.656. The molecule has 7 nitrogen and oxygen atoms in total. The van der Waals surface area contributed by atoms with Gasteiger partial charge in [-0.2, -0.15) is 0 Å². The van der Waals surface area contributed by atoms with Gasteiger partial charge in [-0.15, -0.1) is 0 Å². The standard InChI is InChI=1S/C20H20N2O5S/c1-4-10-26-19(25)17-12(2)21-20-22(16(24)9-11-28-20)18(17)14-5-7-15(8-6-14)27-13(3)23/h4-8,18H,1,9-11H2,2-3H3/t18-/m0/s1. The number of thioether (sulfide) groups is 1. The van der Waals surface area contributed by atoms with E-state index in [1.807, 2.05) is 0 Å². The predicted molar refractivity (Wildman–Crippen MR) is 106 cm³/mol. The van der Waals surface area contributed by atoms with Crippen molar-refractivity contribution in [2.75, 3.05) is 12.4 Å². The van der Waals surface area contributed by atoms with Crippen LogP contribution in [-0.2, 0) is 19.1 Å². The third-order valence-electron chi connectivity index (χ3n) is 4.22. The average molecular weight is 400 g/mol. The van der Waals surface area contributed by atoms with E-state index in [-0.39, 0.29) is 12.5 Å². The van der Waals surface area contributed by atoms with Crippen molar-refractivity contribution in [3.05, 3.63) is 53.8 Å². The van der Waals surface area contributed by atoms with Gasteiger partial charge in [-0.1, -0.05) is 36.5 Å². The summed E-state index contributed by atoms with van der Waals surface area (Å²) in [5, 5.41) is 0.572. The van der Waals surface area contributed by atoms with Crippen LogP contribution < -0.4 is 4.74 Å². The van der Waals surface area contributed by atoms with E-state index in [2.05, 4.69) is 11.6 Å². The zero-order valence-electron chi connectivity index (χ0n) is 15.6. The molecule has 1 aromatic rings. The molecule has 1 amide bonds. The Bertz CT molecular complexity index is 888. The molecule has 8 heteroatoms. The Kier molecular flexibility index (Phi) is 5.99. The molecular weight excluding hydrogens is 380 g/mol. The molecule has 2 heterocycles. The number of fused-ring (bicyclic) bond motifs is 1. The Balaban J connectivity index is 2.05. The summed E-state index contributed by atoms with van der Waals surface area (Å²) >= 11 is 1.48. The van der Waals surface area contributed by atoms with Crippen LogP contribution in [0, 0.1) is 0 Å². The molecule has 0 saturated carbocycles. The maximum absolute atomic E-state index is 12.7. The fraction of sp³-hybridized carbons (Fsp3) is 0.300. The van der Waals surface area contributed by atoms with Crippen LogP contribution in [0.3, 0.4) is 0 Å². The lowest BCUT2D eigenvalue weighted by molar-refractivity contribution is -0.139. The van der Waals surface area contributed by atoms with Crippen LogP contribution in [0.5, 0.6) is 5.75 Å². The molecule has 0 radical (unpaired) electrons. The number of hydrogen-bond donors (Lipinski definition) is 0. The third kappa shape index (κ3) is 4.01. The number of esters is 2. The summed E-state index contributed by atoms with van der Waals surface area (Å²) in [6, 6.07) is 6.06. The summed E-state index contributed by atoms with van der Waals surface area (Å²) in [5.41, 5.74) is 1.52. The van der Waals surface area contributed by atoms with Crippen molar-refractivity contribution < 1.29 is 23.9 Å². The molecule has 0 unspecified atom stereocenters. The van der Waals surface area contributed by atoms with E-state index in [0.717, 1.165) is 0 Å². The summed E-state index contributed by atoms with van der Waals surface area (Å²) in [6.07, 6.45) is 1.84. The first-order valence-electron chi connectivity index (χ1n) is 8.73. The fourth-order valence-corrected chi connectivity index (χ4v) is 4.08. The Labute approximate surface area is 167 Å². The Morgan fingerprint density at radius 3 is 2.71 bits per heavy atom. The lowest BCUT2D eigenvalue weighted by atomic mass is 9.94. The first-order chi connectivity index (χ1) is 13.4. The van der Waals surface area contributed by atoms with Gasteiger partial charge in [0.25, 0.3) is 0 Å². The van der Waals surface area contributed by atoms with E-state index in [4.69, 9.17) is 9.47 Å². The van der Waals surface area contributed by atoms with Gasteiger partial charge in [-0.05, 0) is 24.6 Å². The molecule has 28 heavy (non-hydrogen) atoms. The molecule has 146 valence electrons. The average Bonchev–Trinajstić information content (AvgIpc) is 2.65. The van der Waals surface area contributed by atoms with Crippen molar-refractivity contribution in [1.29, 1.82) is 0 Å². The SMILES string of the molecule is C=CCOC(=O)C1=C(C)N=C2SCCC(=O)N2[C@H]1c1ccc(OC(C)=O)cc1. The monoisotopic (exact) mass is 400 g/mol. The second kappa shape index (κ2) is 8.43. The highest BCUT2D eigenvalue weighted by Gasteiger charge is 2.41. The predicted octanol–water partition coefficient (Wildman–Crippen LogP) is 2.99. The lowest BCUT2D eigenvalue weighted by Gasteiger charge is -2.38. The zero-order valence-corrected chi connectivity index (χ0v) is 16.5. The number of carbonyl (C=O) groups is 3. The molecule has 1 aromatic carbocycles. The molecule has 0 bridgehead atoms. The van der Waals surface area contributed by atoms with Crippen molar-refractivity contribution in [3.8, 4) is 5.75 Å². The lowest BCUT2D eigenvalue weighted by Crippen LogP contribution is -2.45. The van der Waals surface area contributed by atoms with E-state index in [9.17, 15) is 14.4 Å². The van der Waals surface area contributed by atoms with Gasteiger partial charge >= 0.3 is 11.9 Å². The second-order valence-corrected chi connectivity index (χ2v) is 7.27. The summed E-state index contributed by atoms with van der Waals surface area (Å²) in [4.78, 5) is 42.6. The summed E-state index contributed by atoms with van der Waals surface area (Å²) in [6.45, 7) is 6.67. The summed E-state index contributed by atoms with van der Waals surface area (Å²) < 4.78 is 10.3. The van der Waals surface area contributed by atoms with Gasteiger partial charge in [0.1, 0.15) is 12.4 Å². The van der Waals surface area contributed by atoms with Gasteiger partial charge < -0.3 is 9.47 Å². The number of hydrogen-bond acceptors (Lipinski definition) is 7. The van der Waals surface area contributed by atoms with Crippen LogP contribution in [-0.4, -0.2) is 40.3 Å². The largest absolute Gasteiger partial charge is 0.458 e. The highest BCUT2D eigenvalue weighted by Crippen LogP contribution is 2.40. The maximum Gasteiger partial charge on any atom is 0.338 e. The number of carbonyl (C=O) groups excluding carboxylic acids is 3. The second-order valence-electron chi connectivity index (χ2n) is 6.21. The van der Waals surface area contributed by atoms with E-state index in [1.165, 1.54) is 24.8 Å². The van der Waals surface area contributed by atoms with Gasteiger partial charge in [0, 0.05) is 19.1 Å². The quantitative estimate of drug-likeness (QED) is 0.429. The zero-order chi connectivity index (χ0) is 20.3. The Morgan fingerprint density at radius 1 is 1.36 bits per heavy atom. The van der Waals surface area contributed by atoms with Gasteiger partial charge in [-0.25, -0.2) is 9.79 Å². The first kappa shape index (κ1) is 19.9. The number of amides is 1. The molecule has 1 saturated heterocycles. The van der Waals surface area contributed by atoms with Crippen LogP contribution in [0.25, 0.3) is 0 Å². The molecule has 2 aliphatic rings. The molecular formula is C20H20N2O5S. The number of aliphatic imine (C=N–C) groups is 1. The van der Waals surface area contributed by atoms with E-state index < -0.39 is 18.0 Å². The minimum Gasteiger partial charge on any atom is -0.458 e. The van der Waals surface area contributed by atoms with Crippen molar-refractivity contribution in [1.82, 2.24) is 4.90 Å². The highest BCUT2D eigenvalue weighted by molar-refractivity contribution is 8.14. The molecule has 2 aliphatic heterocycles. The van der Waals surface area contributed by atoms with E-state index in [1.54, 1.807) is 36.1 Å². The van der Waals surface area contributed by atoms with Gasteiger partial charge in [0.2, 0.25) is 5.91 Å². The number of ether oxygens (including phenoxy) is 2. The van der Waals surface area contributed by atoms with Crippen LogP contribution >= 0.6 is 11.8 Å². The van der Waals surface area contributed by atoms with Crippen LogP contribution in [0.1, 0.15) is 31.9 Å². The smallest absolute Gasteiger partial charge is 0.338 e. The summed E-state index contributed by atoms with van der Waals surface area (Å²) in [5.74, 6) is -0.0372. The van der Waals surface area contributed by atoms with Gasteiger partial charge in [0.15, 0.2) is 5.17 Å². The molecule has 0 spiro atoms. The van der Waals surface area contributed by atoms with E-state index in [0.29, 0.717) is 39.9 Å². The van der Waals surface area contributed by atoms with Crippen LogP contribution in [0.2, 0.25) is 0 Å². The first-order valence-corrected chi connectivity index (χ1v) is 9.71. The molecule has 0 aliphatic carbocycles. The molecule has 1 fully saturated rings. The number of rotatable bonds is 5. The van der Waals surface area contributed by atoms with Crippen LogP contribution in [0.15, 0.2) is 53.2 Å². The normalized spacial score (nSPS) is 18.9. The number of amidine groups is 1. The number of allylic oxidation sites excluding steroid dienone is 1. The number of nitrogens with zero attached hydrogens (tertiary/aromatic N) is 2. The minimum absolute atomic E-state index is 0.0625. The molecule has 3 rings (SSSR count). The maximum atomic E-state index is 12.7. The summed E-state index contributed by atoms with van der Waals surface area (Å²) in [7, 11) is 0. The molecule has 1 atom stereocenters. The van der Waals surface area contributed by atoms with Crippen molar-refractivity contribution in [2.24, 2.45) is 4.99 Å². The van der Waals surface area contributed by atoms with Crippen molar-refractivity contribution in [3.63, 3.8) is 0 Å².